The summed E-state index contributed by atoms with van der Waals surface area (Å²) in [5.74, 6) is -0.0943. The van der Waals surface area contributed by atoms with Crippen molar-refractivity contribution in [1.82, 2.24) is 0 Å². The van der Waals surface area contributed by atoms with Crippen LogP contribution in [-0.2, 0) is 4.79 Å². The average Bonchev–Trinajstić information content (AvgIpc) is 2.74. The van der Waals surface area contributed by atoms with Gasteiger partial charge in [0.25, 0.3) is 0 Å². The Morgan fingerprint density at radius 2 is 1.37 bits per heavy atom. The van der Waals surface area contributed by atoms with E-state index in [-0.39, 0.29) is 5.78 Å². The minimum absolute atomic E-state index is 0.0943. The summed E-state index contributed by atoms with van der Waals surface area (Å²) in [4.78, 5) is 25.4. The van der Waals surface area contributed by atoms with Crippen LogP contribution in [-0.4, -0.2) is 19.2 Å². The van der Waals surface area contributed by atoms with E-state index in [4.69, 9.17) is 0 Å². The predicted octanol–water partition coefficient (Wildman–Crippen LogP) is 4.62. The number of allylic oxidation sites excluding steroid dienone is 1. The van der Waals surface area contributed by atoms with E-state index in [0.29, 0.717) is 11.3 Å². The molecule has 0 aliphatic rings. The summed E-state index contributed by atoms with van der Waals surface area (Å²) in [6.45, 7) is 0. The van der Waals surface area contributed by atoms with Gasteiger partial charge in [0, 0.05) is 24.4 Å². The van der Waals surface area contributed by atoms with Crippen molar-refractivity contribution in [2.24, 2.45) is 0 Å². The molecule has 0 fully saturated rings. The molecule has 0 bridgehead atoms. The van der Waals surface area contributed by atoms with Gasteiger partial charge in [-0.25, -0.2) is 0 Å². The first kappa shape index (κ1) is 18.1. The Balaban J connectivity index is 2.01. The minimum Gasteiger partial charge on any atom is -0.353 e. The largest absolute Gasteiger partial charge is 0.353 e. The maximum Gasteiger partial charge on any atom is 0.213 e. The molecule has 0 saturated heterocycles. The highest BCUT2D eigenvalue weighted by Crippen LogP contribution is 2.28. The molecule has 3 aromatic carbocycles. The number of para-hydroxylation sites is 2. The summed E-state index contributed by atoms with van der Waals surface area (Å²) in [7, 11) is 1.69. The summed E-state index contributed by atoms with van der Waals surface area (Å²) in [5, 5.41) is 3.32. The molecule has 0 spiro atoms. The van der Waals surface area contributed by atoms with Crippen molar-refractivity contribution in [3.8, 4) is 0 Å². The molecule has 3 rings (SSSR count). The van der Waals surface area contributed by atoms with Gasteiger partial charge in [0.05, 0.1) is 11.4 Å². The van der Waals surface area contributed by atoms with Crippen molar-refractivity contribution in [1.29, 1.82) is 0 Å². The third-order valence-electron chi connectivity index (χ3n) is 4.13. The first-order valence-corrected chi connectivity index (χ1v) is 8.59. The highest BCUT2D eigenvalue weighted by Gasteiger charge is 2.11. The van der Waals surface area contributed by atoms with Crippen LogP contribution in [0.15, 0.2) is 91.0 Å². The van der Waals surface area contributed by atoms with Gasteiger partial charge in [-0.3, -0.25) is 9.59 Å². The minimum atomic E-state index is -0.0943. The Kier molecular flexibility index (Phi) is 5.80. The van der Waals surface area contributed by atoms with Crippen LogP contribution in [0.3, 0.4) is 0 Å². The zero-order valence-electron chi connectivity index (χ0n) is 15.0. The lowest BCUT2D eigenvalue weighted by Crippen LogP contribution is -2.16. The van der Waals surface area contributed by atoms with Crippen molar-refractivity contribution < 1.29 is 9.59 Å². The average molecular weight is 356 g/mol. The van der Waals surface area contributed by atoms with E-state index in [1.807, 2.05) is 72.8 Å². The van der Waals surface area contributed by atoms with Crippen LogP contribution in [0.2, 0.25) is 0 Å². The summed E-state index contributed by atoms with van der Waals surface area (Å²) in [6, 6.07) is 26.2. The molecule has 0 aliphatic heterocycles. The summed E-state index contributed by atoms with van der Waals surface area (Å²) in [6.07, 6.45) is 2.34. The number of carbonyl (C=O) groups excluding carboxylic acids is 2. The standard InChI is InChI=1S/C23H20N2O2/c1-25(17-26)22-15-9-8-14-20(22)24-21(18-10-4-2-5-11-18)16-23(27)19-12-6-3-7-13-19/h2-17,24H,1H3/b21-16-. The normalized spacial score (nSPS) is 10.9. The molecule has 0 aromatic heterocycles. The molecular formula is C23H20N2O2. The number of ketones is 1. The van der Waals surface area contributed by atoms with Gasteiger partial charge in [0.2, 0.25) is 6.41 Å². The van der Waals surface area contributed by atoms with Gasteiger partial charge < -0.3 is 10.2 Å². The van der Waals surface area contributed by atoms with Crippen molar-refractivity contribution >= 4 is 29.3 Å². The van der Waals surface area contributed by atoms with Crippen LogP contribution < -0.4 is 10.2 Å². The Hall–Kier alpha value is -3.66. The van der Waals surface area contributed by atoms with Gasteiger partial charge in [-0.05, 0) is 17.7 Å². The highest BCUT2D eigenvalue weighted by atomic mass is 16.1. The summed E-state index contributed by atoms with van der Waals surface area (Å²) in [5.41, 5.74) is 3.62. The first-order valence-electron chi connectivity index (χ1n) is 8.59. The second-order valence-electron chi connectivity index (χ2n) is 6.01. The fraction of sp³-hybridized carbons (Fsp3) is 0.0435. The van der Waals surface area contributed by atoms with Crippen molar-refractivity contribution in [3.63, 3.8) is 0 Å². The second-order valence-corrected chi connectivity index (χ2v) is 6.01. The van der Waals surface area contributed by atoms with Crippen LogP contribution in [0.5, 0.6) is 0 Å². The monoisotopic (exact) mass is 356 g/mol. The number of anilines is 2. The number of amides is 1. The van der Waals surface area contributed by atoms with Gasteiger partial charge in [0.15, 0.2) is 5.78 Å². The van der Waals surface area contributed by atoms with Crippen molar-refractivity contribution in [3.05, 3.63) is 102 Å². The van der Waals surface area contributed by atoms with E-state index < -0.39 is 0 Å². The number of nitrogens with one attached hydrogen (secondary N) is 1. The maximum absolute atomic E-state index is 12.7. The molecule has 1 N–H and O–H groups in total. The van der Waals surface area contributed by atoms with E-state index in [1.165, 1.54) is 4.90 Å². The quantitative estimate of drug-likeness (QED) is 0.382. The molecule has 27 heavy (non-hydrogen) atoms. The van der Waals surface area contributed by atoms with Gasteiger partial charge in [0.1, 0.15) is 0 Å². The smallest absolute Gasteiger partial charge is 0.213 e. The van der Waals surface area contributed by atoms with Crippen LogP contribution in [0, 0.1) is 0 Å². The molecule has 134 valence electrons. The van der Waals surface area contributed by atoms with E-state index in [1.54, 1.807) is 25.3 Å². The second kappa shape index (κ2) is 8.63. The lowest BCUT2D eigenvalue weighted by Gasteiger charge is -2.19. The number of hydrogen-bond acceptors (Lipinski definition) is 3. The zero-order chi connectivity index (χ0) is 19.1. The third kappa shape index (κ3) is 4.50. The predicted molar refractivity (Wildman–Crippen MR) is 110 cm³/mol. The van der Waals surface area contributed by atoms with E-state index in [2.05, 4.69) is 5.32 Å². The van der Waals surface area contributed by atoms with E-state index in [0.717, 1.165) is 23.3 Å². The Morgan fingerprint density at radius 3 is 2.00 bits per heavy atom. The SMILES string of the molecule is CN(C=O)c1ccccc1N/C(=C\C(=O)c1ccccc1)c1ccccc1. The molecule has 3 aromatic rings. The number of benzene rings is 3. The molecule has 0 heterocycles. The Bertz CT molecular complexity index is 950. The lowest BCUT2D eigenvalue weighted by atomic mass is 10.1. The van der Waals surface area contributed by atoms with Crippen LogP contribution >= 0.6 is 0 Å². The third-order valence-corrected chi connectivity index (χ3v) is 4.13. The molecule has 4 nitrogen and oxygen atoms in total. The van der Waals surface area contributed by atoms with Crippen LogP contribution in [0.25, 0.3) is 5.70 Å². The van der Waals surface area contributed by atoms with Crippen molar-refractivity contribution in [2.45, 2.75) is 0 Å². The molecule has 0 saturated carbocycles. The van der Waals surface area contributed by atoms with Crippen molar-refractivity contribution in [2.75, 3.05) is 17.3 Å². The molecule has 4 heteroatoms. The van der Waals surface area contributed by atoms with Crippen LogP contribution in [0.4, 0.5) is 11.4 Å². The number of rotatable bonds is 7. The Labute approximate surface area is 158 Å². The summed E-state index contributed by atoms with van der Waals surface area (Å²) < 4.78 is 0. The van der Waals surface area contributed by atoms with Gasteiger partial charge >= 0.3 is 0 Å². The fourth-order valence-electron chi connectivity index (χ4n) is 2.71. The molecule has 0 atom stereocenters. The molecule has 0 unspecified atom stereocenters. The summed E-state index contributed by atoms with van der Waals surface area (Å²) >= 11 is 0. The van der Waals surface area contributed by atoms with Crippen LogP contribution in [0.1, 0.15) is 15.9 Å². The molecule has 0 radical (unpaired) electrons. The van der Waals surface area contributed by atoms with Gasteiger partial charge in [-0.15, -0.1) is 0 Å². The molecule has 1 amide bonds. The number of hydrogen-bond donors (Lipinski definition) is 1. The van der Waals surface area contributed by atoms with Gasteiger partial charge in [-0.1, -0.05) is 72.8 Å². The lowest BCUT2D eigenvalue weighted by molar-refractivity contribution is -0.107. The molecular weight excluding hydrogens is 336 g/mol. The van der Waals surface area contributed by atoms with E-state index in [9.17, 15) is 9.59 Å². The zero-order valence-corrected chi connectivity index (χ0v) is 15.0. The first-order chi connectivity index (χ1) is 13.2. The topological polar surface area (TPSA) is 49.4 Å². The fourth-order valence-corrected chi connectivity index (χ4v) is 2.71. The number of carbonyl (C=O) groups is 2. The maximum atomic E-state index is 12.7. The van der Waals surface area contributed by atoms with Gasteiger partial charge in [-0.2, -0.15) is 0 Å². The highest BCUT2D eigenvalue weighted by molar-refractivity contribution is 6.09. The molecule has 0 aliphatic carbocycles. The Morgan fingerprint density at radius 1 is 0.815 bits per heavy atom. The number of nitrogens with zero attached hydrogens (tertiary/aromatic N) is 1. The van der Waals surface area contributed by atoms with E-state index >= 15 is 0 Å².